The number of rotatable bonds is 4. The zero-order chi connectivity index (χ0) is 20.8. The number of allylic oxidation sites excluding steroid dienone is 2. The van der Waals surface area contributed by atoms with E-state index in [-0.39, 0.29) is 24.6 Å². The standard InChI is InChI=1S/C23H21NO6/c1-4-28-23(25)16-5-12-15-8-21-22(30-11-29-21)9-18(15)24-10-17(12)14-7-20(27-3)19(26-2)6-13(14)16/h5-10,13-14H,4,11H2,1-3H3. The average Bonchev–Trinajstić information content (AvgIpc) is 3.23. The molecule has 30 heavy (non-hydrogen) atoms. The number of carbonyl (C=O) groups is 1. The van der Waals surface area contributed by atoms with Gasteiger partial charge in [-0.1, -0.05) is 0 Å². The lowest BCUT2D eigenvalue weighted by atomic mass is 9.72. The van der Waals surface area contributed by atoms with Crippen molar-refractivity contribution in [1.29, 1.82) is 0 Å². The molecule has 0 saturated heterocycles. The Labute approximate surface area is 173 Å². The molecular formula is C23H21NO6. The molecule has 1 aromatic heterocycles. The van der Waals surface area contributed by atoms with Crippen molar-refractivity contribution in [2.45, 2.75) is 12.8 Å². The van der Waals surface area contributed by atoms with E-state index in [0.29, 0.717) is 35.2 Å². The van der Waals surface area contributed by atoms with Crippen molar-refractivity contribution in [3.63, 3.8) is 0 Å². The zero-order valence-corrected chi connectivity index (χ0v) is 16.9. The van der Waals surface area contributed by atoms with Crippen LogP contribution in [-0.2, 0) is 19.0 Å². The molecule has 2 atom stereocenters. The Balaban J connectivity index is 1.75. The molecule has 7 nitrogen and oxygen atoms in total. The van der Waals surface area contributed by atoms with Crippen molar-refractivity contribution < 1.29 is 28.5 Å². The van der Waals surface area contributed by atoms with Crippen molar-refractivity contribution in [3.8, 4) is 11.5 Å². The third-order valence-corrected chi connectivity index (χ3v) is 5.70. The summed E-state index contributed by atoms with van der Waals surface area (Å²) in [5, 5.41) is 0.894. The molecule has 1 aliphatic heterocycles. The molecule has 2 aliphatic carbocycles. The fourth-order valence-electron chi connectivity index (χ4n) is 4.31. The predicted octanol–water partition coefficient (Wildman–Crippen LogP) is 3.70. The second-order valence-electron chi connectivity index (χ2n) is 7.19. The Morgan fingerprint density at radius 3 is 2.50 bits per heavy atom. The third-order valence-electron chi connectivity index (χ3n) is 5.70. The van der Waals surface area contributed by atoms with Gasteiger partial charge >= 0.3 is 5.97 Å². The summed E-state index contributed by atoms with van der Waals surface area (Å²) >= 11 is 0. The van der Waals surface area contributed by atoms with Gasteiger partial charge in [0.1, 0.15) is 0 Å². The normalized spacial score (nSPS) is 21.1. The number of fused-ring (bicyclic) bond motifs is 6. The van der Waals surface area contributed by atoms with Gasteiger partial charge in [-0.25, -0.2) is 4.79 Å². The predicted molar refractivity (Wildman–Crippen MR) is 109 cm³/mol. The Morgan fingerprint density at radius 2 is 1.80 bits per heavy atom. The van der Waals surface area contributed by atoms with E-state index < -0.39 is 0 Å². The SMILES string of the molecule is CCOC(=O)C1=Cc2c(cnc3cc4c(cc23)OCO4)C2C=C(OC)C(OC)=CC12. The van der Waals surface area contributed by atoms with E-state index in [2.05, 4.69) is 4.98 Å². The largest absolute Gasteiger partial charge is 0.493 e. The molecule has 0 spiro atoms. The quantitative estimate of drug-likeness (QED) is 0.716. The van der Waals surface area contributed by atoms with E-state index in [1.165, 1.54) is 0 Å². The number of carbonyl (C=O) groups excluding carboxylic acids is 1. The smallest absolute Gasteiger partial charge is 0.334 e. The number of methoxy groups -OCH3 is 2. The van der Waals surface area contributed by atoms with Crippen LogP contribution >= 0.6 is 0 Å². The highest BCUT2D eigenvalue weighted by Gasteiger charge is 2.38. The molecule has 0 N–H and O–H groups in total. The van der Waals surface area contributed by atoms with Crippen LogP contribution in [0.4, 0.5) is 0 Å². The Morgan fingerprint density at radius 1 is 1.10 bits per heavy atom. The maximum Gasteiger partial charge on any atom is 0.334 e. The summed E-state index contributed by atoms with van der Waals surface area (Å²) in [4.78, 5) is 17.5. The lowest BCUT2D eigenvalue weighted by molar-refractivity contribution is -0.138. The Kier molecular flexibility index (Phi) is 4.38. The van der Waals surface area contributed by atoms with Crippen LogP contribution in [0.5, 0.6) is 11.5 Å². The molecule has 2 aromatic rings. The van der Waals surface area contributed by atoms with E-state index >= 15 is 0 Å². The van der Waals surface area contributed by atoms with Crippen molar-refractivity contribution in [1.82, 2.24) is 4.98 Å². The van der Waals surface area contributed by atoms with E-state index in [9.17, 15) is 4.79 Å². The van der Waals surface area contributed by atoms with Gasteiger partial charge in [0.25, 0.3) is 0 Å². The fraction of sp³-hybridized carbons (Fsp3) is 0.304. The fourth-order valence-corrected chi connectivity index (χ4v) is 4.31. The molecule has 5 rings (SSSR count). The molecule has 2 heterocycles. The summed E-state index contributed by atoms with van der Waals surface area (Å²) in [6, 6.07) is 3.78. The van der Waals surface area contributed by atoms with Gasteiger partial charge in [0, 0.05) is 35.1 Å². The van der Waals surface area contributed by atoms with Crippen LogP contribution in [0.3, 0.4) is 0 Å². The Bertz CT molecular complexity index is 1150. The van der Waals surface area contributed by atoms with Gasteiger partial charge in [-0.05, 0) is 42.3 Å². The molecule has 0 fully saturated rings. The first kappa shape index (κ1) is 18.5. The third kappa shape index (κ3) is 2.73. The van der Waals surface area contributed by atoms with Gasteiger partial charge in [0.2, 0.25) is 6.79 Å². The van der Waals surface area contributed by atoms with Crippen LogP contribution in [0, 0.1) is 5.92 Å². The highest BCUT2D eigenvalue weighted by Crippen LogP contribution is 2.47. The van der Waals surface area contributed by atoms with Crippen molar-refractivity contribution >= 4 is 22.9 Å². The second kappa shape index (κ2) is 7.09. The van der Waals surface area contributed by atoms with Gasteiger partial charge in [-0.2, -0.15) is 0 Å². The minimum Gasteiger partial charge on any atom is -0.493 e. The van der Waals surface area contributed by atoms with Crippen LogP contribution in [0.15, 0.2) is 47.6 Å². The maximum absolute atomic E-state index is 12.9. The van der Waals surface area contributed by atoms with Crippen molar-refractivity contribution in [2.75, 3.05) is 27.6 Å². The summed E-state index contributed by atoms with van der Waals surface area (Å²) in [7, 11) is 3.19. The average molecular weight is 407 g/mol. The number of ether oxygens (including phenoxy) is 5. The van der Waals surface area contributed by atoms with Crippen LogP contribution in [0.1, 0.15) is 24.0 Å². The van der Waals surface area contributed by atoms with E-state index in [1.807, 2.05) is 36.6 Å². The number of pyridine rings is 1. The number of hydrogen-bond donors (Lipinski definition) is 0. The molecule has 7 heteroatoms. The van der Waals surface area contributed by atoms with Gasteiger partial charge < -0.3 is 23.7 Å². The molecule has 0 saturated carbocycles. The minimum atomic E-state index is -0.343. The first-order valence-corrected chi connectivity index (χ1v) is 9.77. The van der Waals surface area contributed by atoms with E-state index in [0.717, 1.165) is 22.0 Å². The van der Waals surface area contributed by atoms with Crippen LogP contribution in [0.2, 0.25) is 0 Å². The number of hydrogen-bond acceptors (Lipinski definition) is 7. The molecule has 0 radical (unpaired) electrons. The van der Waals surface area contributed by atoms with Crippen molar-refractivity contribution in [3.05, 3.63) is 58.7 Å². The summed E-state index contributed by atoms with van der Waals surface area (Å²) in [5.41, 5.74) is 3.26. The van der Waals surface area contributed by atoms with Crippen LogP contribution < -0.4 is 9.47 Å². The second-order valence-corrected chi connectivity index (χ2v) is 7.19. The van der Waals surface area contributed by atoms with Crippen LogP contribution in [0.25, 0.3) is 17.0 Å². The molecule has 0 bridgehead atoms. The van der Waals surface area contributed by atoms with Crippen molar-refractivity contribution in [2.24, 2.45) is 5.92 Å². The summed E-state index contributed by atoms with van der Waals surface area (Å²) in [5.74, 6) is 1.84. The summed E-state index contributed by atoms with van der Waals surface area (Å²) in [6.07, 6.45) is 7.65. The molecule has 1 aromatic carbocycles. The Hall–Kier alpha value is -3.48. The number of aromatic nitrogens is 1. The topological polar surface area (TPSA) is 76.1 Å². The molecular weight excluding hydrogens is 386 g/mol. The highest BCUT2D eigenvalue weighted by atomic mass is 16.7. The number of esters is 1. The summed E-state index contributed by atoms with van der Waals surface area (Å²) in [6.45, 7) is 2.29. The maximum atomic E-state index is 12.9. The van der Waals surface area contributed by atoms with Gasteiger partial charge in [0.15, 0.2) is 23.0 Å². The molecule has 2 unspecified atom stereocenters. The lowest BCUT2D eigenvalue weighted by Crippen LogP contribution is -2.27. The van der Waals surface area contributed by atoms with Gasteiger partial charge in [-0.15, -0.1) is 0 Å². The monoisotopic (exact) mass is 407 g/mol. The first-order chi connectivity index (χ1) is 14.6. The highest BCUT2D eigenvalue weighted by molar-refractivity contribution is 6.01. The zero-order valence-electron chi connectivity index (χ0n) is 16.9. The molecule has 0 amide bonds. The first-order valence-electron chi connectivity index (χ1n) is 9.77. The molecule has 154 valence electrons. The van der Waals surface area contributed by atoms with Gasteiger partial charge in [0.05, 0.1) is 26.3 Å². The van der Waals surface area contributed by atoms with E-state index in [4.69, 9.17) is 23.7 Å². The lowest BCUT2D eigenvalue weighted by Gasteiger charge is -2.33. The molecule has 3 aliphatic rings. The number of nitrogens with zero attached hydrogens (tertiary/aromatic N) is 1. The summed E-state index contributed by atoms with van der Waals surface area (Å²) < 4.78 is 27.4. The van der Waals surface area contributed by atoms with E-state index in [1.54, 1.807) is 21.1 Å². The van der Waals surface area contributed by atoms with Gasteiger partial charge in [-0.3, -0.25) is 4.98 Å². The number of benzene rings is 1. The van der Waals surface area contributed by atoms with Crippen LogP contribution in [-0.4, -0.2) is 38.6 Å². The minimum absolute atomic E-state index is 0.138.